The predicted octanol–water partition coefficient (Wildman–Crippen LogP) is 17.8. The van der Waals surface area contributed by atoms with Crippen molar-refractivity contribution in [2.75, 3.05) is 9.80 Å². The summed E-state index contributed by atoms with van der Waals surface area (Å²) in [5.41, 5.74) is 14.7. The lowest BCUT2D eigenvalue weighted by molar-refractivity contribution is 0.673. The molecule has 3 heteroatoms. The molecule has 1 aromatic heterocycles. The molecule has 0 saturated carbocycles. The number of fused-ring (bicyclic) bond motifs is 6. The third kappa shape index (κ3) is 6.78. The van der Waals surface area contributed by atoms with Gasteiger partial charge in [0.05, 0.1) is 17.1 Å². The van der Waals surface area contributed by atoms with E-state index >= 15 is 0 Å². The van der Waals surface area contributed by atoms with E-state index in [4.69, 9.17) is 4.42 Å². The zero-order valence-corrected chi connectivity index (χ0v) is 35.6. The number of nitrogens with zero attached hydrogens (tertiary/aromatic N) is 2. The van der Waals surface area contributed by atoms with E-state index in [-0.39, 0.29) is 0 Å². The first-order valence-electron chi connectivity index (χ1n) is 22.2. The van der Waals surface area contributed by atoms with Crippen LogP contribution >= 0.6 is 0 Å². The van der Waals surface area contributed by atoms with Crippen molar-refractivity contribution >= 4 is 77.6 Å². The van der Waals surface area contributed by atoms with Gasteiger partial charge in [-0.25, -0.2) is 0 Å². The van der Waals surface area contributed by atoms with Crippen molar-refractivity contribution in [3.8, 4) is 33.4 Å². The van der Waals surface area contributed by atoms with Crippen molar-refractivity contribution in [1.82, 2.24) is 0 Å². The molecule has 0 spiro atoms. The molecule has 12 aromatic rings. The first-order chi connectivity index (χ1) is 32.3. The molecule has 0 fully saturated rings. The minimum absolute atomic E-state index is 0.812. The fourth-order valence-electron chi connectivity index (χ4n) is 9.60. The van der Waals surface area contributed by atoms with Crippen LogP contribution in [0.15, 0.2) is 259 Å². The lowest BCUT2D eigenvalue weighted by atomic mass is 9.96. The molecule has 11 aromatic carbocycles. The molecule has 0 saturated heterocycles. The predicted molar refractivity (Wildman–Crippen MR) is 274 cm³/mol. The second kappa shape index (κ2) is 16.2. The number of hydrogen-bond donors (Lipinski definition) is 0. The molecule has 65 heavy (non-hydrogen) atoms. The maximum absolute atomic E-state index is 7.28. The van der Waals surface area contributed by atoms with E-state index in [1.165, 1.54) is 21.9 Å². The molecular formula is C62H42N2O. The van der Waals surface area contributed by atoms with Gasteiger partial charge < -0.3 is 14.2 Å². The standard InChI is InChI=1S/C62H42N2O/c1-4-19-43(20-5-1)44-35-38-49(39-36-44)63(58-33-16-14-29-52(58)46-21-6-2-7-22-46)50-41-57-56-40-37-47-24-11-13-30-53(47)61(56)65-62(57)60(42-50)64(48-26-8-3-9-27-48)59-34-17-15-31-55(59)54-32-18-25-45-23-10-12-28-51(45)54/h1-42H. The zero-order chi connectivity index (χ0) is 43.1. The molecule has 12 rings (SSSR count). The van der Waals surface area contributed by atoms with Gasteiger partial charge in [-0.1, -0.05) is 200 Å². The third-order valence-corrected chi connectivity index (χ3v) is 12.6. The first-order valence-corrected chi connectivity index (χ1v) is 22.2. The SMILES string of the molecule is c1ccc(-c2ccc(N(c3cc(N(c4ccccc4)c4ccccc4-c4cccc5ccccc45)c4oc5c6ccccc6ccc5c4c3)c3ccccc3-c3ccccc3)cc2)cc1. The minimum Gasteiger partial charge on any atom is -0.453 e. The van der Waals surface area contributed by atoms with Gasteiger partial charge in [-0.05, 0) is 93.0 Å². The summed E-state index contributed by atoms with van der Waals surface area (Å²) in [5.74, 6) is 0. The number of anilines is 6. The first kappa shape index (κ1) is 38.0. The van der Waals surface area contributed by atoms with E-state index in [2.05, 4.69) is 265 Å². The Balaban J connectivity index is 1.18. The minimum atomic E-state index is 0.812. The van der Waals surface area contributed by atoms with Gasteiger partial charge in [0, 0.05) is 44.3 Å². The number of rotatable bonds is 9. The van der Waals surface area contributed by atoms with E-state index in [9.17, 15) is 0 Å². The van der Waals surface area contributed by atoms with E-state index in [1.54, 1.807) is 0 Å². The van der Waals surface area contributed by atoms with Crippen LogP contribution in [0.4, 0.5) is 34.1 Å². The smallest absolute Gasteiger partial charge is 0.159 e. The molecule has 1 heterocycles. The average molecular weight is 831 g/mol. The van der Waals surface area contributed by atoms with E-state index < -0.39 is 0 Å². The molecule has 0 bridgehead atoms. The third-order valence-electron chi connectivity index (χ3n) is 12.6. The van der Waals surface area contributed by atoms with Crippen LogP contribution in [-0.4, -0.2) is 0 Å². The Labute approximate surface area is 378 Å². The average Bonchev–Trinajstić information content (AvgIpc) is 3.77. The van der Waals surface area contributed by atoms with E-state index in [0.29, 0.717) is 0 Å². The fourth-order valence-corrected chi connectivity index (χ4v) is 9.60. The molecule has 0 N–H and O–H groups in total. The molecule has 0 atom stereocenters. The molecule has 0 unspecified atom stereocenters. The quantitative estimate of drug-likeness (QED) is 0.144. The number of hydrogen-bond acceptors (Lipinski definition) is 3. The molecular weight excluding hydrogens is 789 g/mol. The summed E-state index contributed by atoms with van der Waals surface area (Å²) in [4.78, 5) is 4.81. The highest BCUT2D eigenvalue weighted by Crippen LogP contribution is 2.51. The molecule has 0 radical (unpaired) electrons. The highest BCUT2D eigenvalue weighted by Gasteiger charge is 2.27. The van der Waals surface area contributed by atoms with Crippen molar-refractivity contribution in [2.24, 2.45) is 0 Å². The number of furan rings is 1. The molecule has 0 amide bonds. The van der Waals surface area contributed by atoms with Crippen LogP contribution in [0.5, 0.6) is 0 Å². The van der Waals surface area contributed by atoms with Gasteiger partial charge in [-0.3, -0.25) is 0 Å². The van der Waals surface area contributed by atoms with Crippen LogP contribution in [-0.2, 0) is 0 Å². The van der Waals surface area contributed by atoms with E-state index in [0.717, 1.165) is 89.1 Å². The van der Waals surface area contributed by atoms with E-state index in [1.807, 2.05) is 0 Å². The van der Waals surface area contributed by atoms with Crippen LogP contribution in [0.2, 0.25) is 0 Å². The van der Waals surface area contributed by atoms with Gasteiger partial charge in [0.25, 0.3) is 0 Å². The summed E-state index contributed by atoms with van der Waals surface area (Å²) in [5, 5.41) is 6.72. The van der Waals surface area contributed by atoms with Crippen molar-refractivity contribution in [1.29, 1.82) is 0 Å². The monoisotopic (exact) mass is 830 g/mol. The topological polar surface area (TPSA) is 19.6 Å². The lowest BCUT2D eigenvalue weighted by Gasteiger charge is -2.31. The zero-order valence-electron chi connectivity index (χ0n) is 35.6. The summed E-state index contributed by atoms with van der Waals surface area (Å²) in [6, 6.07) is 91.3. The Morgan fingerprint density at radius 1 is 0.246 bits per heavy atom. The van der Waals surface area contributed by atoms with Crippen LogP contribution in [0.3, 0.4) is 0 Å². The maximum atomic E-state index is 7.28. The van der Waals surface area contributed by atoms with Crippen molar-refractivity contribution < 1.29 is 4.42 Å². The van der Waals surface area contributed by atoms with Gasteiger partial charge in [-0.15, -0.1) is 0 Å². The van der Waals surface area contributed by atoms with Crippen LogP contribution in [0.1, 0.15) is 0 Å². The second-order valence-corrected chi connectivity index (χ2v) is 16.5. The summed E-state index contributed by atoms with van der Waals surface area (Å²) in [6.45, 7) is 0. The van der Waals surface area contributed by atoms with Crippen LogP contribution in [0, 0.1) is 0 Å². The summed E-state index contributed by atoms with van der Waals surface area (Å²) in [6.07, 6.45) is 0. The molecule has 0 aliphatic heterocycles. The molecule has 0 aliphatic carbocycles. The summed E-state index contributed by atoms with van der Waals surface area (Å²) < 4.78 is 7.28. The molecule has 306 valence electrons. The number of para-hydroxylation sites is 3. The Bertz CT molecular complexity index is 3650. The number of benzene rings is 11. The summed E-state index contributed by atoms with van der Waals surface area (Å²) >= 11 is 0. The summed E-state index contributed by atoms with van der Waals surface area (Å²) in [7, 11) is 0. The van der Waals surface area contributed by atoms with Crippen molar-refractivity contribution in [3.63, 3.8) is 0 Å². The maximum Gasteiger partial charge on any atom is 0.159 e. The van der Waals surface area contributed by atoms with Crippen LogP contribution in [0.25, 0.3) is 76.9 Å². The normalized spacial score (nSPS) is 11.4. The Morgan fingerprint density at radius 3 is 1.51 bits per heavy atom. The molecule has 3 nitrogen and oxygen atoms in total. The van der Waals surface area contributed by atoms with Crippen LogP contribution < -0.4 is 9.80 Å². The van der Waals surface area contributed by atoms with Gasteiger partial charge in [0.2, 0.25) is 0 Å². The van der Waals surface area contributed by atoms with Gasteiger partial charge >= 0.3 is 0 Å². The fraction of sp³-hybridized carbons (Fsp3) is 0. The van der Waals surface area contributed by atoms with Crippen molar-refractivity contribution in [3.05, 3.63) is 255 Å². The molecule has 0 aliphatic rings. The highest BCUT2D eigenvalue weighted by atomic mass is 16.3. The lowest BCUT2D eigenvalue weighted by Crippen LogP contribution is -2.14. The van der Waals surface area contributed by atoms with Crippen molar-refractivity contribution in [2.45, 2.75) is 0 Å². The second-order valence-electron chi connectivity index (χ2n) is 16.5. The highest BCUT2D eigenvalue weighted by molar-refractivity contribution is 6.19. The Hall–Kier alpha value is -8.66. The largest absolute Gasteiger partial charge is 0.453 e. The van der Waals surface area contributed by atoms with Gasteiger partial charge in [0.1, 0.15) is 5.58 Å². The van der Waals surface area contributed by atoms with Gasteiger partial charge in [0.15, 0.2) is 5.58 Å². The Morgan fingerprint density at radius 2 is 0.769 bits per heavy atom. The Kier molecular flexibility index (Phi) is 9.50. The van der Waals surface area contributed by atoms with Gasteiger partial charge in [-0.2, -0.15) is 0 Å².